The van der Waals surface area contributed by atoms with Crippen LogP contribution in [0.15, 0.2) is 24.7 Å². The summed E-state index contributed by atoms with van der Waals surface area (Å²) in [6.45, 7) is 4.09. The van der Waals surface area contributed by atoms with Crippen LogP contribution >= 0.6 is 22.6 Å². The molecule has 3 heterocycles. The largest absolute Gasteiger partial charge is 0.481 e. The number of nitrogens with zero attached hydrogens (tertiary/aromatic N) is 6. The molecule has 1 aliphatic rings. The molecule has 9 nitrogen and oxygen atoms in total. The summed E-state index contributed by atoms with van der Waals surface area (Å²) in [7, 11) is 0. The van der Waals surface area contributed by atoms with Gasteiger partial charge < -0.3 is 10.0 Å². The first-order valence-corrected chi connectivity index (χ1v) is 9.83. The third kappa shape index (κ3) is 5.45. The maximum absolute atomic E-state index is 12.6. The summed E-state index contributed by atoms with van der Waals surface area (Å²) < 4.78 is 2.59. The number of aromatic nitrogens is 4. The molecule has 144 valence electrons. The van der Waals surface area contributed by atoms with E-state index in [0.29, 0.717) is 38.2 Å². The van der Waals surface area contributed by atoms with Gasteiger partial charge >= 0.3 is 5.97 Å². The summed E-state index contributed by atoms with van der Waals surface area (Å²) in [5, 5.41) is 16.9. The average Bonchev–Trinajstić information content (AvgIpc) is 3.09. The Hall–Kier alpha value is -2.08. The summed E-state index contributed by atoms with van der Waals surface area (Å²) in [6, 6.07) is 1.84. The molecule has 1 fully saturated rings. The number of rotatable bonds is 7. The lowest BCUT2D eigenvalue weighted by atomic mass is 10.2. The van der Waals surface area contributed by atoms with Crippen LogP contribution in [-0.4, -0.2) is 72.9 Å². The predicted octanol–water partition coefficient (Wildman–Crippen LogP) is 1.10. The van der Waals surface area contributed by atoms with Crippen LogP contribution in [0.4, 0.5) is 0 Å². The quantitative estimate of drug-likeness (QED) is 0.587. The van der Waals surface area contributed by atoms with Gasteiger partial charge in [-0.15, -0.1) is 5.10 Å². The minimum Gasteiger partial charge on any atom is -0.481 e. The lowest BCUT2D eigenvalue weighted by Gasteiger charge is -2.34. The van der Waals surface area contributed by atoms with E-state index >= 15 is 0 Å². The van der Waals surface area contributed by atoms with E-state index in [0.717, 1.165) is 22.4 Å². The minimum absolute atomic E-state index is 0.0246. The fraction of sp³-hybridized carbons (Fsp3) is 0.471. The van der Waals surface area contributed by atoms with Gasteiger partial charge in [-0.25, -0.2) is 0 Å². The van der Waals surface area contributed by atoms with Crippen molar-refractivity contribution in [1.82, 2.24) is 29.8 Å². The van der Waals surface area contributed by atoms with Gasteiger partial charge in [0, 0.05) is 67.9 Å². The van der Waals surface area contributed by atoms with Crippen LogP contribution in [0.25, 0.3) is 0 Å². The molecular formula is C17H21IN6O3. The monoisotopic (exact) mass is 484 g/mol. The number of piperazine rings is 1. The molecule has 0 aromatic carbocycles. The molecule has 0 bridgehead atoms. The van der Waals surface area contributed by atoms with E-state index in [4.69, 9.17) is 5.11 Å². The van der Waals surface area contributed by atoms with Gasteiger partial charge in [0.1, 0.15) is 0 Å². The zero-order valence-corrected chi connectivity index (χ0v) is 16.9. The molecule has 1 amide bonds. The molecule has 2 aromatic heterocycles. The average molecular weight is 484 g/mol. The number of amides is 1. The van der Waals surface area contributed by atoms with Crippen LogP contribution in [-0.2, 0) is 17.9 Å². The number of carboxylic acids is 1. The SMILES string of the molecule is O=C(O)CCCn1cc(CN2CCN(C(=O)c3cnccc3I)CC2)nn1. The maximum atomic E-state index is 12.6. The van der Waals surface area contributed by atoms with Gasteiger partial charge in [0.25, 0.3) is 5.91 Å². The second kappa shape index (κ2) is 9.22. The van der Waals surface area contributed by atoms with Gasteiger partial charge in [-0.1, -0.05) is 5.21 Å². The van der Waals surface area contributed by atoms with Crippen molar-refractivity contribution < 1.29 is 14.7 Å². The third-order valence-electron chi connectivity index (χ3n) is 4.41. The van der Waals surface area contributed by atoms with Crippen molar-refractivity contribution in [2.75, 3.05) is 26.2 Å². The first-order chi connectivity index (χ1) is 13.0. The Balaban J connectivity index is 1.47. The smallest absolute Gasteiger partial charge is 0.303 e. The van der Waals surface area contributed by atoms with E-state index < -0.39 is 5.97 Å². The molecule has 0 spiro atoms. The van der Waals surface area contributed by atoms with Crippen molar-refractivity contribution >= 4 is 34.5 Å². The van der Waals surface area contributed by atoms with Gasteiger partial charge in [-0.3, -0.25) is 24.2 Å². The number of hydrogen-bond donors (Lipinski definition) is 1. The Kier molecular flexibility index (Phi) is 6.72. The van der Waals surface area contributed by atoms with E-state index in [2.05, 4.69) is 42.8 Å². The molecule has 0 atom stereocenters. The van der Waals surface area contributed by atoms with Crippen LogP contribution in [0.5, 0.6) is 0 Å². The summed E-state index contributed by atoms with van der Waals surface area (Å²) in [5.74, 6) is -0.778. The molecule has 3 rings (SSSR count). The second-order valence-electron chi connectivity index (χ2n) is 6.39. The van der Waals surface area contributed by atoms with E-state index in [-0.39, 0.29) is 12.3 Å². The second-order valence-corrected chi connectivity index (χ2v) is 7.56. The van der Waals surface area contributed by atoms with Gasteiger partial charge in [-0.2, -0.15) is 0 Å². The first kappa shape index (κ1) is 19.7. The van der Waals surface area contributed by atoms with Gasteiger partial charge in [0.15, 0.2) is 0 Å². The number of hydrogen-bond acceptors (Lipinski definition) is 6. The van der Waals surface area contributed by atoms with Crippen LogP contribution in [0.1, 0.15) is 28.9 Å². The third-order valence-corrected chi connectivity index (χ3v) is 5.35. The molecule has 1 N–H and O–H groups in total. The zero-order valence-electron chi connectivity index (χ0n) is 14.8. The van der Waals surface area contributed by atoms with Crippen LogP contribution in [0.3, 0.4) is 0 Å². The molecule has 0 unspecified atom stereocenters. The summed E-state index contributed by atoms with van der Waals surface area (Å²) in [5.41, 5.74) is 1.50. The molecule has 0 aliphatic carbocycles. The molecule has 0 radical (unpaired) electrons. The van der Waals surface area contributed by atoms with Gasteiger partial charge in [-0.05, 0) is 35.1 Å². The van der Waals surface area contributed by atoms with Crippen LogP contribution in [0, 0.1) is 3.57 Å². The molecule has 10 heteroatoms. The van der Waals surface area contributed by atoms with E-state index in [1.54, 1.807) is 17.1 Å². The van der Waals surface area contributed by atoms with E-state index in [9.17, 15) is 9.59 Å². The summed E-state index contributed by atoms with van der Waals surface area (Å²) in [4.78, 5) is 31.3. The Labute approximate surface area is 170 Å². The van der Waals surface area contributed by atoms with Gasteiger partial charge in [0.2, 0.25) is 0 Å². The van der Waals surface area contributed by atoms with Crippen molar-refractivity contribution in [3.63, 3.8) is 0 Å². The fourth-order valence-electron chi connectivity index (χ4n) is 2.96. The summed E-state index contributed by atoms with van der Waals surface area (Å²) in [6.07, 6.45) is 5.83. The standard InChI is InChI=1S/C17H21IN6O3/c18-15-3-4-19-10-14(15)17(27)23-8-6-22(7-9-23)11-13-12-24(21-20-13)5-1-2-16(25)26/h3-4,10,12H,1-2,5-9,11H2,(H,25,26). The Morgan fingerprint density at radius 2 is 2.00 bits per heavy atom. The summed E-state index contributed by atoms with van der Waals surface area (Å²) >= 11 is 2.16. The molecule has 0 saturated carbocycles. The maximum Gasteiger partial charge on any atom is 0.303 e. The highest BCUT2D eigenvalue weighted by Crippen LogP contribution is 2.15. The topological polar surface area (TPSA) is 104 Å². The van der Waals surface area contributed by atoms with Crippen LogP contribution in [0.2, 0.25) is 0 Å². The van der Waals surface area contributed by atoms with Crippen molar-refractivity contribution in [2.45, 2.75) is 25.9 Å². The lowest BCUT2D eigenvalue weighted by Crippen LogP contribution is -2.48. The Morgan fingerprint density at radius 3 is 2.70 bits per heavy atom. The normalized spacial score (nSPS) is 15.1. The molecular weight excluding hydrogens is 463 g/mol. The number of aliphatic carboxylic acids is 1. The predicted molar refractivity (Wildman–Crippen MR) is 105 cm³/mol. The highest BCUT2D eigenvalue weighted by atomic mass is 127. The number of aryl methyl sites for hydroxylation is 1. The number of halogens is 1. The highest BCUT2D eigenvalue weighted by Gasteiger charge is 2.24. The molecule has 1 aliphatic heterocycles. The van der Waals surface area contributed by atoms with E-state index in [1.165, 1.54) is 0 Å². The van der Waals surface area contributed by atoms with Crippen molar-refractivity contribution in [2.24, 2.45) is 0 Å². The lowest BCUT2D eigenvalue weighted by molar-refractivity contribution is -0.137. The van der Waals surface area contributed by atoms with Crippen molar-refractivity contribution in [1.29, 1.82) is 0 Å². The number of carbonyl (C=O) groups excluding carboxylic acids is 1. The van der Waals surface area contributed by atoms with Crippen molar-refractivity contribution in [3.05, 3.63) is 39.5 Å². The Bertz CT molecular complexity index is 803. The van der Waals surface area contributed by atoms with Crippen LogP contribution < -0.4 is 0 Å². The van der Waals surface area contributed by atoms with Crippen molar-refractivity contribution in [3.8, 4) is 0 Å². The number of carboxylic acid groups (broad SMARTS) is 1. The number of pyridine rings is 1. The molecule has 27 heavy (non-hydrogen) atoms. The number of carbonyl (C=O) groups is 2. The van der Waals surface area contributed by atoms with Gasteiger partial charge in [0.05, 0.1) is 11.3 Å². The molecule has 1 saturated heterocycles. The fourth-order valence-corrected chi connectivity index (χ4v) is 3.49. The van der Waals surface area contributed by atoms with E-state index in [1.807, 2.05) is 17.2 Å². The molecule has 2 aromatic rings. The zero-order chi connectivity index (χ0) is 19.2. The minimum atomic E-state index is -0.802. The Morgan fingerprint density at radius 1 is 1.22 bits per heavy atom. The highest BCUT2D eigenvalue weighted by molar-refractivity contribution is 14.1. The first-order valence-electron chi connectivity index (χ1n) is 8.75.